The van der Waals surface area contributed by atoms with Crippen molar-refractivity contribution in [1.82, 2.24) is 15.6 Å². The summed E-state index contributed by atoms with van der Waals surface area (Å²) in [5.41, 5.74) is 0.817. The molecule has 1 amide bonds. The summed E-state index contributed by atoms with van der Waals surface area (Å²) in [6.45, 7) is 0.389. The normalized spacial score (nSPS) is 27.5. The third-order valence-corrected chi connectivity index (χ3v) is 4.15. The Bertz CT molecular complexity index is 529. The van der Waals surface area contributed by atoms with Gasteiger partial charge in [0.15, 0.2) is 0 Å². The number of amides is 1. The van der Waals surface area contributed by atoms with Crippen molar-refractivity contribution in [3.8, 4) is 0 Å². The molecule has 3 N–H and O–H groups in total. The topological polar surface area (TPSA) is 91.3 Å². The zero-order chi connectivity index (χ0) is 14.1. The van der Waals surface area contributed by atoms with E-state index in [1.807, 2.05) is 0 Å². The quantitative estimate of drug-likeness (QED) is 0.746. The Hall–Kier alpha value is -1.95. The molecule has 2 aliphatic heterocycles. The molecule has 20 heavy (non-hydrogen) atoms. The fourth-order valence-electron chi connectivity index (χ4n) is 3.09. The SMILES string of the molecule is O=C(O)c1ccc(CNC(=O)C2CC3CCC2N3)cn1. The van der Waals surface area contributed by atoms with E-state index in [2.05, 4.69) is 15.6 Å². The summed E-state index contributed by atoms with van der Waals surface area (Å²) in [5.74, 6) is -0.902. The molecule has 0 aliphatic carbocycles. The maximum absolute atomic E-state index is 12.1. The molecular formula is C14H17N3O3. The van der Waals surface area contributed by atoms with Gasteiger partial charge in [0.05, 0.1) is 5.92 Å². The standard InChI is InChI=1S/C14H17N3O3/c18-13(10-5-9-2-4-11(10)17-9)16-7-8-1-3-12(14(19)20)15-6-8/h1,3,6,9-11,17H,2,4-5,7H2,(H,16,18)(H,19,20). The van der Waals surface area contributed by atoms with Crippen LogP contribution in [0.5, 0.6) is 0 Å². The van der Waals surface area contributed by atoms with Gasteiger partial charge < -0.3 is 15.7 Å². The molecule has 6 nitrogen and oxygen atoms in total. The lowest BCUT2D eigenvalue weighted by atomic mass is 9.88. The van der Waals surface area contributed by atoms with Gasteiger partial charge in [-0.1, -0.05) is 6.07 Å². The molecule has 2 aliphatic rings. The van der Waals surface area contributed by atoms with Crippen molar-refractivity contribution in [3.63, 3.8) is 0 Å². The summed E-state index contributed by atoms with van der Waals surface area (Å²) < 4.78 is 0. The Balaban J connectivity index is 1.54. The number of carbonyl (C=O) groups excluding carboxylic acids is 1. The highest BCUT2D eigenvalue weighted by Gasteiger charge is 2.42. The number of hydrogen-bond donors (Lipinski definition) is 3. The molecule has 106 valence electrons. The van der Waals surface area contributed by atoms with Crippen LogP contribution in [0.3, 0.4) is 0 Å². The van der Waals surface area contributed by atoms with Crippen LogP contribution in [0.15, 0.2) is 18.3 Å². The van der Waals surface area contributed by atoms with Crippen LogP contribution in [0, 0.1) is 5.92 Å². The second-order valence-electron chi connectivity index (χ2n) is 5.46. The van der Waals surface area contributed by atoms with Gasteiger partial charge in [0.2, 0.25) is 5.91 Å². The number of fused-ring (bicyclic) bond motifs is 2. The third-order valence-electron chi connectivity index (χ3n) is 4.15. The summed E-state index contributed by atoms with van der Waals surface area (Å²) in [6, 6.07) is 3.96. The molecule has 0 spiro atoms. The van der Waals surface area contributed by atoms with Gasteiger partial charge in [0, 0.05) is 24.8 Å². The van der Waals surface area contributed by atoms with Crippen molar-refractivity contribution in [3.05, 3.63) is 29.6 Å². The number of carboxylic acids is 1. The predicted octanol–water partition coefficient (Wildman–Crippen LogP) is 0.536. The average Bonchev–Trinajstić information content (AvgIpc) is 3.08. The van der Waals surface area contributed by atoms with E-state index in [4.69, 9.17) is 5.11 Å². The summed E-state index contributed by atoms with van der Waals surface area (Å²) >= 11 is 0. The maximum Gasteiger partial charge on any atom is 0.354 e. The number of carboxylic acid groups (broad SMARTS) is 1. The summed E-state index contributed by atoms with van der Waals surface area (Å²) in [6.07, 6.45) is 4.67. The van der Waals surface area contributed by atoms with Crippen LogP contribution in [0.1, 0.15) is 35.3 Å². The Morgan fingerprint density at radius 2 is 2.25 bits per heavy atom. The fourth-order valence-corrected chi connectivity index (χ4v) is 3.09. The van der Waals surface area contributed by atoms with Gasteiger partial charge in [-0.15, -0.1) is 0 Å². The second kappa shape index (κ2) is 5.20. The van der Waals surface area contributed by atoms with Gasteiger partial charge in [-0.2, -0.15) is 0 Å². The highest BCUT2D eigenvalue weighted by Crippen LogP contribution is 2.33. The van der Waals surface area contributed by atoms with Crippen molar-refractivity contribution in [1.29, 1.82) is 0 Å². The van der Waals surface area contributed by atoms with E-state index in [1.54, 1.807) is 6.07 Å². The largest absolute Gasteiger partial charge is 0.477 e. The van der Waals surface area contributed by atoms with Crippen molar-refractivity contribution in [2.45, 2.75) is 37.9 Å². The fraction of sp³-hybridized carbons (Fsp3) is 0.500. The van der Waals surface area contributed by atoms with Gasteiger partial charge in [0.25, 0.3) is 0 Å². The maximum atomic E-state index is 12.1. The minimum atomic E-state index is -1.05. The van der Waals surface area contributed by atoms with E-state index < -0.39 is 5.97 Å². The van der Waals surface area contributed by atoms with Gasteiger partial charge in [0.1, 0.15) is 5.69 Å². The second-order valence-corrected chi connectivity index (χ2v) is 5.46. The molecule has 3 unspecified atom stereocenters. The Kier molecular flexibility index (Phi) is 3.40. The number of nitrogens with zero attached hydrogens (tertiary/aromatic N) is 1. The van der Waals surface area contributed by atoms with E-state index in [9.17, 15) is 9.59 Å². The third kappa shape index (κ3) is 2.51. The highest BCUT2D eigenvalue weighted by atomic mass is 16.4. The van der Waals surface area contributed by atoms with Crippen LogP contribution in [0.2, 0.25) is 0 Å². The number of aromatic nitrogens is 1. The van der Waals surface area contributed by atoms with Crippen LogP contribution in [0.4, 0.5) is 0 Å². The first kappa shape index (κ1) is 13.1. The zero-order valence-electron chi connectivity index (χ0n) is 11.0. The number of carbonyl (C=O) groups is 2. The lowest BCUT2D eigenvalue weighted by Crippen LogP contribution is -2.37. The van der Waals surface area contributed by atoms with Crippen LogP contribution in [-0.4, -0.2) is 34.1 Å². The molecule has 1 aromatic heterocycles. The molecular weight excluding hydrogens is 258 g/mol. The van der Waals surface area contributed by atoms with Crippen LogP contribution >= 0.6 is 0 Å². The van der Waals surface area contributed by atoms with Gasteiger partial charge in [-0.3, -0.25) is 4.79 Å². The average molecular weight is 275 g/mol. The molecule has 1 aromatic rings. The number of aromatic carboxylic acids is 1. The smallest absolute Gasteiger partial charge is 0.354 e. The van der Waals surface area contributed by atoms with Gasteiger partial charge in [-0.25, -0.2) is 9.78 Å². The van der Waals surface area contributed by atoms with Crippen molar-refractivity contribution < 1.29 is 14.7 Å². The lowest BCUT2D eigenvalue weighted by molar-refractivity contribution is -0.125. The number of pyridine rings is 1. The van der Waals surface area contributed by atoms with E-state index in [1.165, 1.54) is 18.7 Å². The molecule has 3 heterocycles. The van der Waals surface area contributed by atoms with Crippen LogP contribution in [-0.2, 0) is 11.3 Å². The zero-order valence-corrected chi connectivity index (χ0v) is 11.0. The van der Waals surface area contributed by atoms with E-state index in [-0.39, 0.29) is 17.5 Å². The molecule has 2 fully saturated rings. The predicted molar refractivity (Wildman–Crippen MR) is 71.1 cm³/mol. The monoisotopic (exact) mass is 275 g/mol. The molecule has 6 heteroatoms. The molecule has 2 bridgehead atoms. The molecule has 0 aromatic carbocycles. The van der Waals surface area contributed by atoms with E-state index in [0.29, 0.717) is 18.6 Å². The summed E-state index contributed by atoms with van der Waals surface area (Å²) in [7, 11) is 0. The molecule has 2 saturated heterocycles. The van der Waals surface area contributed by atoms with E-state index in [0.717, 1.165) is 18.4 Å². The number of nitrogens with one attached hydrogen (secondary N) is 2. The number of rotatable bonds is 4. The Morgan fingerprint density at radius 1 is 1.40 bits per heavy atom. The van der Waals surface area contributed by atoms with Crippen molar-refractivity contribution in [2.24, 2.45) is 5.92 Å². The first-order valence-corrected chi connectivity index (χ1v) is 6.85. The van der Waals surface area contributed by atoms with Crippen molar-refractivity contribution in [2.75, 3.05) is 0 Å². The molecule has 3 atom stereocenters. The minimum absolute atomic E-state index is 0.0115. The van der Waals surface area contributed by atoms with Crippen molar-refractivity contribution >= 4 is 11.9 Å². The Morgan fingerprint density at radius 3 is 2.80 bits per heavy atom. The van der Waals surface area contributed by atoms with Crippen LogP contribution in [0.25, 0.3) is 0 Å². The van der Waals surface area contributed by atoms with Crippen LogP contribution < -0.4 is 10.6 Å². The summed E-state index contributed by atoms with van der Waals surface area (Å²) in [5, 5.41) is 15.1. The molecule has 3 rings (SSSR count). The molecule has 0 saturated carbocycles. The first-order valence-electron chi connectivity index (χ1n) is 6.85. The first-order chi connectivity index (χ1) is 9.63. The Labute approximate surface area is 116 Å². The minimum Gasteiger partial charge on any atom is -0.477 e. The summed E-state index contributed by atoms with van der Waals surface area (Å²) in [4.78, 5) is 26.6. The lowest BCUT2D eigenvalue weighted by Gasteiger charge is -2.19. The highest BCUT2D eigenvalue weighted by molar-refractivity contribution is 5.85. The van der Waals surface area contributed by atoms with E-state index >= 15 is 0 Å². The molecule has 0 radical (unpaired) electrons. The van der Waals surface area contributed by atoms with Gasteiger partial charge >= 0.3 is 5.97 Å². The van der Waals surface area contributed by atoms with Gasteiger partial charge in [-0.05, 0) is 30.9 Å². The number of hydrogen-bond acceptors (Lipinski definition) is 4.